The summed E-state index contributed by atoms with van der Waals surface area (Å²) in [5.74, 6) is -0.267. The number of nitrogens with one attached hydrogen (secondary N) is 2. The summed E-state index contributed by atoms with van der Waals surface area (Å²) in [7, 11) is 0. The molecule has 6 heteroatoms. The lowest BCUT2D eigenvalue weighted by Crippen LogP contribution is -2.47. The molecule has 1 aliphatic rings. The van der Waals surface area contributed by atoms with E-state index in [-0.39, 0.29) is 24.4 Å². The van der Waals surface area contributed by atoms with Crippen molar-refractivity contribution in [3.8, 4) is 0 Å². The fourth-order valence-corrected chi connectivity index (χ4v) is 1.90. The Morgan fingerprint density at radius 3 is 2.65 bits per heavy atom. The zero-order valence-electron chi connectivity index (χ0n) is 10.4. The van der Waals surface area contributed by atoms with E-state index < -0.39 is 6.10 Å². The number of hydrogen-bond acceptors (Lipinski definition) is 4. The van der Waals surface area contributed by atoms with Crippen LogP contribution in [0.15, 0.2) is 0 Å². The lowest BCUT2D eigenvalue weighted by Gasteiger charge is -2.23. The molecule has 6 nitrogen and oxygen atoms in total. The van der Waals surface area contributed by atoms with Crippen LogP contribution in [0.3, 0.4) is 0 Å². The summed E-state index contributed by atoms with van der Waals surface area (Å²) < 4.78 is 0. The van der Waals surface area contributed by atoms with Gasteiger partial charge in [0.15, 0.2) is 0 Å². The highest BCUT2D eigenvalue weighted by Crippen LogP contribution is 2.09. The summed E-state index contributed by atoms with van der Waals surface area (Å²) in [5, 5.41) is 15.0. The summed E-state index contributed by atoms with van der Waals surface area (Å²) in [6.45, 7) is 5.25. The van der Waals surface area contributed by atoms with E-state index in [2.05, 4.69) is 10.6 Å². The zero-order chi connectivity index (χ0) is 12.8. The highest BCUT2D eigenvalue weighted by atomic mass is 16.3. The number of nitrogens with zero attached hydrogens (tertiary/aromatic N) is 1. The number of aliphatic hydroxyl groups is 1. The third-order valence-corrected chi connectivity index (χ3v) is 2.81. The molecule has 0 aliphatic carbocycles. The van der Waals surface area contributed by atoms with E-state index in [1.807, 2.05) is 13.8 Å². The Labute approximate surface area is 101 Å². The van der Waals surface area contributed by atoms with E-state index in [0.717, 1.165) is 0 Å². The summed E-state index contributed by atoms with van der Waals surface area (Å²) in [6.07, 6.45) is -0.0443. The molecule has 0 aromatic heterocycles. The molecule has 0 bridgehead atoms. The van der Waals surface area contributed by atoms with Gasteiger partial charge in [0.05, 0.1) is 18.7 Å². The van der Waals surface area contributed by atoms with Crippen molar-refractivity contribution in [3.05, 3.63) is 0 Å². The van der Waals surface area contributed by atoms with Crippen LogP contribution in [0.1, 0.15) is 20.3 Å². The summed E-state index contributed by atoms with van der Waals surface area (Å²) >= 11 is 0. The fourth-order valence-electron chi connectivity index (χ4n) is 1.90. The van der Waals surface area contributed by atoms with Gasteiger partial charge < -0.3 is 20.6 Å². The molecule has 2 amide bonds. The van der Waals surface area contributed by atoms with E-state index in [0.29, 0.717) is 26.1 Å². The first-order valence-corrected chi connectivity index (χ1v) is 6.05. The number of β-amino-alcohol motifs (C(OH)–C–C–N with tert-alkyl or cyclic N) is 1. The largest absolute Gasteiger partial charge is 0.392 e. The molecule has 0 radical (unpaired) electrons. The van der Waals surface area contributed by atoms with Crippen molar-refractivity contribution in [1.29, 1.82) is 0 Å². The Morgan fingerprint density at radius 2 is 2.18 bits per heavy atom. The number of likely N-dealkylation sites (N-methyl/N-ethyl adjacent to an activating group) is 2. The van der Waals surface area contributed by atoms with Crippen LogP contribution < -0.4 is 10.6 Å². The van der Waals surface area contributed by atoms with E-state index in [1.54, 1.807) is 0 Å². The maximum Gasteiger partial charge on any atom is 0.240 e. The maximum absolute atomic E-state index is 12.0. The van der Waals surface area contributed by atoms with Gasteiger partial charge in [-0.2, -0.15) is 0 Å². The van der Waals surface area contributed by atoms with Gasteiger partial charge in [0, 0.05) is 19.6 Å². The van der Waals surface area contributed by atoms with Crippen molar-refractivity contribution in [1.82, 2.24) is 15.5 Å². The van der Waals surface area contributed by atoms with Gasteiger partial charge >= 0.3 is 0 Å². The fraction of sp³-hybridized carbons (Fsp3) is 0.818. The Morgan fingerprint density at radius 1 is 1.47 bits per heavy atom. The van der Waals surface area contributed by atoms with Crippen LogP contribution in [0.4, 0.5) is 0 Å². The number of rotatable bonds is 5. The molecule has 0 saturated carbocycles. The number of carbonyl (C=O) groups excluding carboxylic acids is 2. The van der Waals surface area contributed by atoms with E-state index >= 15 is 0 Å². The molecular weight excluding hydrogens is 222 g/mol. The van der Waals surface area contributed by atoms with Gasteiger partial charge in [-0.1, -0.05) is 0 Å². The van der Waals surface area contributed by atoms with Crippen molar-refractivity contribution in [2.24, 2.45) is 0 Å². The van der Waals surface area contributed by atoms with Crippen molar-refractivity contribution in [2.75, 3.05) is 26.2 Å². The minimum Gasteiger partial charge on any atom is -0.392 e. The topological polar surface area (TPSA) is 81.7 Å². The van der Waals surface area contributed by atoms with Crippen LogP contribution in [0.5, 0.6) is 0 Å². The Hall–Kier alpha value is -1.14. The first kappa shape index (κ1) is 13.9. The molecule has 1 rings (SSSR count). The molecule has 2 unspecified atom stereocenters. The predicted molar refractivity (Wildman–Crippen MR) is 63.4 cm³/mol. The molecule has 2 atom stereocenters. The molecule has 17 heavy (non-hydrogen) atoms. The maximum atomic E-state index is 12.0. The number of amides is 2. The molecule has 0 spiro atoms. The minimum atomic E-state index is -0.466. The Kier molecular flexibility index (Phi) is 5.37. The second kappa shape index (κ2) is 6.56. The first-order valence-electron chi connectivity index (χ1n) is 6.05. The third-order valence-electron chi connectivity index (χ3n) is 2.81. The SMILES string of the molecule is CCNC(=O)CN(CC)C(=O)C1CC(O)CN1. The lowest BCUT2D eigenvalue weighted by molar-refractivity contribution is -0.137. The van der Waals surface area contributed by atoms with E-state index in [1.165, 1.54) is 4.90 Å². The minimum absolute atomic E-state index is 0.0808. The van der Waals surface area contributed by atoms with Crippen LogP contribution >= 0.6 is 0 Å². The molecule has 1 heterocycles. The van der Waals surface area contributed by atoms with Gasteiger partial charge in [-0.15, -0.1) is 0 Å². The van der Waals surface area contributed by atoms with Crippen molar-refractivity contribution < 1.29 is 14.7 Å². The lowest BCUT2D eigenvalue weighted by atomic mass is 10.2. The number of carbonyl (C=O) groups is 2. The number of hydrogen-bond donors (Lipinski definition) is 3. The van der Waals surface area contributed by atoms with Crippen LogP contribution in [0.25, 0.3) is 0 Å². The molecule has 3 N–H and O–H groups in total. The van der Waals surface area contributed by atoms with Crippen molar-refractivity contribution >= 4 is 11.8 Å². The van der Waals surface area contributed by atoms with Crippen molar-refractivity contribution in [2.45, 2.75) is 32.4 Å². The van der Waals surface area contributed by atoms with Crippen LogP contribution in [-0.2, 0) is 9.59 Å². The Bertz CT molecular complexity index is 283. The highest BCUT2D eigenvalue weighted by molar-refractivity contribution is 5.87. The van der Waals surface area contributed by atoms with Crippen LogP contribution in [-0.4, -0.2) is 60.1 Å². The molecule has 98 valence electrons. The second-order valence-electron chi connectivity index (χ2n) is 4.16. The Balaban J connectivity index is 2.49. The molecular formula is C11H21N3O3. The van der Waals surface area contributed by atoms with Crippen molar-refractivity contribution in [3.63, 3.8) is 0 Å². The third kappa shape index (κ3) is 3.98. The van der Waals surface area contributed by atoms with Gasteiger partial charge in [0.25, 0.3) is 0 Å². The smallest absolute Gasteiger partial charge is 0.240 e. The molecule has 0 aromatic rings. The van der Waals surface area contributed by atoms with Crippen LogP contribution in [0.2, 0.25) is 0 Å². The molecule has 1 saturated heterocycles. The monoisotopic (exact) mass is 243 g/mol. The van der Waals surface area contributed by atoms with Gasteiger partial charge in [0.2, 0.25) is 11.8 Å². The average Bonchev–Trinajstić information content (AvgIpc) is 2.72. The summed E-state index contributed by atoms with van der Waals surface area (Å²) in [6, 6.07) is -0.362. The number of aliphatic hydroxyl groups excluding tert-OH is 1. The average molecular weight is 243 g/mol. The quantitative estimate of drug-likeness (QED) is 0.560. The van der Waals surface area contributed by atoms with E-state index in [9.17, 15) is 14.7 Å². The summed E-state index contributed by atoms with van der Waals surface area (Å²) in [4.78, 5) is 25.0. The van der Waals surface area contributed by atoms with Gasteiger partial charge in [0.1, 0.15) is 0 Å². The van der Waals surface area contributed by atoms with Crippen LogP contribution in [0, 0.1) is 0 Å². The van der Waals surface area contributed by atoms with E-state index in [4.69, 9.17) is 0 Å². The zero-order valence-corrected chi connectivity index (χ0v) is 10.4. The van der Waals surface area contributed by atoms with Gasteiger partial charge in [-0.25, -0.2) is 0 Å². The highest BCUT2D eigenvalue weighted by Gasteiger charge is 2.31. The predicted octanol–water partition coefficient (Wildman–Crippen LogP) is -1.31. The second-order valence-corrected chi connectivity index (χ2v) is 4.16. The molecule has 1 fully saturated rings. The molecule has 1 aliphatic heterocycles. The summed E-state index contributed by atoms with van der Waals surface area (Å²) in [5.41, 5.74) is 0. The van der Waals surface area contributed by atoms with Gasteiger partial charge in [-0.05, 0) is 20.3 Å². The first-order chi connectivity index (χ1) is 8.08. The standard InChI is InChI=1S/C11H21N3O3/c1-3-12-10(16)7-14(4-2)11(17)9-5-8(15)6-13-9/h8-9,13,15H,3-7H2,1-2H3,(H,12,16). The van der Waals surface area contributed by atoms with Gasteiger partial charge in [-0.3, -0.25) is 9.59 Å². The normalized spacial score (nSPS) is 23.5. The molecule has 0 aromatic carbocycles.